The van der Waals surface area contributed by atoms with Gasteiger partial charge in [0.2, 0.25) is 11.1 Å². The highest BCUT2D eigenvalue weighted by molar-refractivity contribution is 8.00. The van der Waals surface area contributed by atoms with Crippen LogP contribution >= 0.6 is 11.8 Å². The third kappa shape index (κ3) is 4.13. The van der Waals surface area contributed by atoms with Gasteiger partial charge in [0.05, 0.1) is 10.9 Å². The Morgan fingerprint density at radius 3 is 2.70 bits per heavy atom. The highest BCUT2D eigenvalue weighted by Crippen LogP contribution is 2.26. The summed E-state index contributed by atoms with van der Waals surface area (Å²) in [6.07, 6.45) is 0. The molecule has 3 aromatic rings. The molecule has 1 atom stereocenters. The Bertz CT molecular complexity index is 992. The smallest absolute Gasteiger partial charge is 0.237 e. The highest BCUT2D eigenvalue weighted by atomic mass is 32.2. The summed E-state index contributed by atoms with van der Waals surface area (Å²) >= 11 is 1.17. The molecule has 1 N–H and O–H groups in total. The first-order valence-corrected chi connectivity index (χ1v) is 9.02. The lowest BCUT2D eigenvalue weighted by Crippen LogP contribution is -2.23. The lowest BCUT2D eigenvalue weighted by molar-refractivity contribution is -0.115. The van der Waals surface area contributed by atoms with Crippen LogP contribution in [0, 0.1) is 25.5 Å². The molecule has 9 heteroatoms. The number of aromatic nitrogens is 4. The van der Waals surface area contributed by atoms with Gasteiger partial charge in [0, 0.05) is 11.8 Å². The van der Waals surface area contributed by atoms with E-state index < -0.39 is 16.9 Å². The van der Waals surface area contributed by atoms with Crippen LogP contribution in [-0.2, 0) is 4.79 Å². The van der Waals surface area contributed by atoms with Crippen molar-refractivity contribution in [2.24, 2.45) is 0 Å². The van der Waals surface area contributed by atoms with E-state index in [1.54, 1.807) is 11.6 Å². The van der Waals surface area contributed by atoms with Crippen LogP contribution in [0.3, 0.4) is 0 Å². The number of nitrogens with zero attached hydrogens (tertiary/aromatic N) is 4. The Hall–Kier alpha value is -2.81. The molecule has 0 saturated heterocycles. The number of thioether (sulfide) groups is 1. The van der Waals surface area contributed by atoms with Gasteiger partial charge in [-0.1, -0.05) is 23.9 Å². The summed E-state index contributed by atoms with van der Waals surface area (Å²) in [5, 5.41) is 14.2. The van der Waals surface area contributed by atoms with E-state index in [0.29, 0.717) is 5.16 Å². The molecule has 2 aromatic carbocycles. The summed E-state index contributed by atoms with van der Waals surface area (Å²) in [6, 6.07) is 9.00. The van der Waals surface area contributed by atoms with Crippen molar-refractivity contribution in [3.8, 4) is 5.69 Å². The van der Waals surface area contributed by atoms with Crippen molar-refractivity contribution in [2.75, 3.05) is 5.32 Å². The van der Waals surface area contributed by atoms with Gasteiger partial charge in [-0.05, 0) is 60.5 Å². The molecule has 3 rings (SSSR count). The van der Waals surface area contributed by atoms with Gasteiger partial charge < -0.3 is 5.32 Å². The zero-order valence-corrected chi connectivity index (χ0v) is 15.7. The predicted molar refractivity (Wildman–Crippen MR) is 98.9 cm³/mol. The van der Waals surface area contributed by atoms with Crippen LogP contribution in [0.4, 0.5) is 14.5 Å². The number of halogens is 2. The van der Waals surface area contributed by atoms with Crippen molar-refractivity contribution in [3.05, 3.63) is 59.2 Å². The number of hydrogen-bond acceptors (Lipinski definition) is 5. The molecule has 0 spiro atoms. The van der Waals surface area contributed by atoms with Crippen molar-refractivity contribution in [3.63, 3.8) is 0 Å². The van der Waals surface area contributed by atoms with Crippen LogP contribution < -0.4 is 5.32 Å². The van der Waals surface area contributed by atoms with Crippen molar-refractivity contribution >= 4 is 23.4 Å². The summed E-state index contributed by atoms with van der Waals surface area (Å²) in [5.74, 6) is -2.36. The Morgan fingerprint density at radius 2 is 1.96 bits per heavy atom. The Labute approximate surface area is 159 Å². The molecule has 27 heavy (non-hydrogen) atoms. The van der Waals surface area contributed by atoms with E-state index >= 15 is 0 Å². The maximum Gasteiger partial charge on any atom is 0.237 e. The third-order valence-corrected chi connectivity index (χ3v) is 5.12. The minimum absolute atomic E-state index is 0.181. The number of benzene rings is 2. The van der Waals surface area contributed by atoms with E-state index in [1.165, 1.54) is 17.8 Å². The average molecular weight is 389 g/mol. The SMILES string of the molecule is Cc1cccc(-n2nnnc2SC(C)C(=O)Nc2ccc(F)c(F)c2)c1C. The molecule has 1 amide bonds. The molecule has 0 aliphatic heterocycles. The molecule has 1 heterocycles. The molecule has 0 aliphatic rings. The maximum atomic E-state index is 13.3. The minimum atomic E-state index is -1.02. The van der Waals surface area contributed by atoms with Crippen LogP contribution in [0.25, 0.3) is 5.69 Å². The van der Waals surface area contributed by atoms with Crippen LogP contribution in [-0.4, -0.2) is 31.4 Å². The quantitative estimate of drug-likeness (QED) is 0.674. The largest absolute Gasteiger partial charge is 0.325 e. The summed E-state index contributed by atoms with van der Waals surface area (Å²) in [5.41, 5.74) is 3.14. The van der Waals surface area contributed by atoms with Gasteiger partial charge in [0.15, 0.2) is 11.6 Å². The van der Waals surface area contributed by atoms with Crippen LogP contribution in [0.2, 0.25) is 0 Å². The molecular formula is C18H17F2N5OS. The number of amides is 1. The van der Waals surface area contributed by atoms with Crippen LogP contribution in [0.15, 0.2) is 41.6 Å². The number of aryl methyl sites for hydroxylation is 1. The molecule has 1 aromatic heterocycles. The second kappa shape index (κ2) is 7.83. The van der Waals surface area contributed by atoms with Gasteiger partial charge in [-0.25, -0.2) is 8.78 Å². The van der Waals surface area contributed by atoms with Gasteiger partial charge in [-0.3, -0.25) is 4.79 Å². The molecule has 0 radical (unpaired) electrons. The molecule has 0 aliphatic carbocycles. The zero-order chi connectivity index (χ0) is 19.6. The Balaban J connectivity index is 1.76. The summed E-state index contributed by atoms with van der Waals surface area (Å²) < 4.78 is 27.9. The molecular weight excluding hydrogens is 372 g/mol. The molecule has 1 unspecified atom stereocenters. The normalized spacial score (nSPS) is 12.0. The van der Waals surface area contributed by atoms with E-state index in [9.17, 15) is 13.6 Å². The fourth-order valence-corrected chi connectivity index (χ4v) is 3.20. The maximum absolute atomic E-state index is 13.3. The monoisotopic (exact) mass is 389 g/mol. The topological polar surface area (TPSA) is 72.7 Å². The van der Waals surface area contributed by atoms with Gasteiger partial charge in [-0.15, -0.1) is 5.10 Å². The number of rotatable bonds is 5. The molecule has 140 valence electrons. The third-order valence-electron chi connectivity index (χ3n) is 4.08. The first kappa shape index (κ1) is 19.0. The van der Waals surface area contributed by atoms with Crippen LogP contribution in [0.1, 0.15) is 18.1 Å². The first-order valence-electron chi connectivity index (χ1n) is 8.14. The number of anilines is 1. The molecule has 6 nitrogen and oxygen atoms in total. The average Bonchev–Trinajstić information content (AvgIpc) is 3.08. The Morgan fingerprint density at radius 1 is 1.19 bits per heavy atom. The number of hydrogen-bond donors (Lipinski definition) is 1. The predicted octanol–water partition coefficient (Wildman–Crippen LogP) is 3.68. The van der Waals surface area contributed by atoms with E-state index in [0.717, 1.165) is 28.9 Å². The second-order valence-electron chi connectivity index (χ2n) is 5.97. The van der Waals surface area contributed by atoms with E-state index in [2.05, 4.69) is 20.8 Å². The van der Waals surface area contributed by atoms with Crippen molar-refractivity contribution < 1.29 is 13.6 Å². The standard InChI is InChI=1S/C18H17F2N5OS/c1-10-5-4-6-16(11(10)2)25-18(22-23-24-25)27-12(3)17(26)21-13-7-8-14(19)15(20)9-13/h4-9,12H,1-3H3,(H,21,26). The van der Waals surface area contributed by atoms with E-state index in [-0.39, 0.29) is 11.6 Å². The molecule has 0 fully saturated rings. The highest BCUT2D eigenvalue weighted by Gasteiger charge is 2.20. The van der Waals surface area contributed by atoms with Crippen molar-refractivity contribution in [1.82, 2.24) is 20.2 Å². The van der Waals surface area contributed by atoms with Gasteiger partial charge >= 0.3 is 0 Å². The molecule has 0 saturated carbocycles. The number of carbonyl (C=O) groups is 1. The van der Waals surface area contributed by atoms with E-state index in [1.807, 2.05) is 32.0 Å². The lowest BCUT2D eigenvalue weighted by atomic mass is 10.1. The zero-order valence-electron chi connectivity index (χ0n) is 14.9. The van der Waals surface area contributed by atoms with Crippen molar-refractivity contribution in [2.45, 2.75) is 31.2 Å². The minimum Gasteiger partial charge on any atom is -0.325 e. The number of carbonyl (C=O) groups excluding carboxylic acids is 1. The number of tetrazole rings is 1. The summed E-state index contributed by atoms with van der Waals surface area (Å²) in [4.78, 5) is 12.4. The van der Waals surface area contributed by atoms with Gasteiger partial charge in [-0.2, -0.15) is 4.68 Å². The first-order chi connectivity index (χ1) is 12.9. The Kier molecular flexibility index (Phi) is 5.50. The van der Waals surface area contributed by atoms with Crippen molar-refractivity contribution in [1.29, 1.82) is 0 Å². The summed E-state index contributed by atoms with van der Waals surface area (Å²) in [6.45, 7) is 5.65. The number of nitrogens with one attached hydrogen (secondary N) is 1. The second-order valence-corrected chi connectivity index (χ2v) is 7.28. The van der Waals surface area contributed by atoms with E-state index in [4.69, 9.17) is 0 Å². The van der Waals surface area contributed by atoms with Gasteiger partial charge in [0.1, 0.15) is 0 Å². The summed E-state index contributed by atoms with van der Waals surface area (Å²) in [7, 11) is 0. The fraction of sp³-hybridized carbons (Fsp3) is 0.222. The van der Waals surface area contributed by atoms with Gasteiger partial charge in [0.25, 0.3) is 0 Å². The van der Waals surface area contributed by atoms with Crippen LogP contribution in [0.5, 0.6) is 0 Å². The fourth-order valence-electron chi connectivity index (χ4n) is 2.40. The molecule has 0 bridgehead atoms. The lowest BCUT2D eigenvalue weighted by Gasteiger charge is -2.13.